The van der Waals surface area contributed by atoms with E-state index >= 15 is 0 Å². The molecule has 0 aromatic heterocycles. The Morgan fingerprint density at radius 2 is 1.97 bits per heavy atom. The zero-order valence-electron chi connectivity index (χ0n) is 18.7. The van der Waals surface area contributed by atoms with Gasteiger partial charge in [-0.2, -0.15) is 0 Å². The first-order valence-electron chi connectivity index (χ1n) is 11.2. The Kier molecular flexibility index (Phi) is 5.86. The van der Waals surface area contributed by atoms with Gasteiger partial charge in [-0.1, -0.05) is 46.8 Å². The van der Waals surface area contributed by atoms with E-state index in [1.54, 1.807) is 0 Å². The fourth-order valence-corrected chi connectivity index (χ4v) is 5.94. The Morgan fingerprint density at radius 1 is 1.28 bits per heavy atom. The maximum atomic E-state index is 12.8. The molecule has 4 heteroatoms. The minimum atomic E-state index is -0.548. The summed E-state index contributed by atoms with van der Waals surface area (Å²) in [6.45, 7) is 16.0. The minimum absolute atomic E-state index is 0.0365. The SMILES string of the molecule is C=C1CCC[C@H]2[C@](C)(CC3=C(O)C(NCC(C)C)=CC(=O)C3=O)[C@@H](C)CC[C@]12C. The smallest absolute Gasteiger partial charge is 0.232 e. The highest BCUT2D eigenvalue weighted by molar-refractivity contribution is 6.48. The highest BCUT2D eigenvalue weighted by Gasteiger charge is 2.54. The van der Waals surface area contributed by atoms with Crippen LogP contribution in [0, 0.1) is 28.6 Å². The van der Waals surface area contributed by atoms with Crippen LogP contribution in [0.4, 0.5) is 0 Å². The molecule has 160 valence electrons. The zero-order chi connectivity index (χ0) is 21.6. The van der Waals surface area contributed by atoms with E-state index in [1.807, 2.05) is 0 Å². The van der Waals surface area contributed by atoms with Crippen LogP contribution in [0.3, 0.4) is 0 Å². The van der Waals surface area contributed by atoms with Crippen LogP contribution in [-0.4, -0.2) is 23.2 Å². The Balaban J connectivity index is 1.97. The maximum absolute atomic E-state index is 12.8. The van der Waals surface area contributed by atoms with Gasteiger partial charge >= 0.3 is 0 Å². The Hall–Kier alpha value is -1.84. The van der Waals surface area contributed by atoms with Crippen molar-refractivity contribution in [3.05, 3.63) is 35.3 Å². The van der Waals surface area contributed by atoms with Gasteiger partial charge in [0.2, 0.25) is 11.6 Å². The average Bonchev–Trinajstić information content (AvgIpc) is 2.66. The van der Waals surface area contributed by atoms with Crippen molar-refractivity contribution in [3.63, 3.8) is 0 Å². The molecule has 0 saturated heterocycles. The van der Waals surface area contributed by atoms with Crippen LogP contribution < -0.4 is 5.32 Å². The highest BCUT2D eigenvalue weighted by Crippen LogP contribution is 2.63. The number of rotatable bonds is 5. The van der Waals surface area contributed by atoms with Crippen LogP contribution in [0.15, 0.2) is 35.3 Å². The number of aliphatic hydroxyl groups is 1. The number of hydrogen-bond donors (Lipinski definition) is 2. The van der Waals surface area contributed by atoms with E-state index in [1.165, 1.54) is 11.6 Å². The topological polar surface area (TPSA) is 66.4 Å². The van der Waals surface area contributed by atoms with Gasteiger partial charge in [-0.05, 0) is 67.1 Å². The third-order valence-electron chi connectivity index (χ3n) is 8.14. The molecule has 4 nitrogen and oxygen atoms in total. The second-order valence-electron chi connectivity index (χ2n) is 10.4. The van der Waals surface area contributed by atoms with Crippen molar-refractivity contribution in [1.82, 2.24) is 5.32 Å². The van der Waals surface area contributed by atoms with Gasteiger partial charge in [0.25, 0.3) is 0 Å². The van der Waals surface area contributed by atoms with Crippen molar-refractivity contribution in [2.45, 2.75) is 73.1 Å². The van der Waals surface area contributed by atoms with Crippen molar-refractivity contribution in [2.24, 2.45) is 28.6 Å². The molecule has 0 bridgehead atoms. The van der Waals surface area contributed by atoms with Crippen LogP contribution in [0.25, 0.3) is 0 Å². The molecule has 2 saturated carbocycles. The van der Waals surface area contributed by atoms with Crippen molar-refractivity contribution in [1.29, 1.82) is 0 Å². The van der Waals surface area contributed by atoms with E-state index in [2.05, 4.69) is 46.5 Å². The Bertz CT molecular complexity index is 790. The number of aliphatic hydroxyl groups excluding tert-OH is 1. The van der Waals surface area contributed by atoms with E-state index < -0.39 is 11.6 Å². The molecule has 0 aromatic rings. The van der Waals surface area contributed by atoms with Gasteiger partial charge in [-0.15, -0.1) is 0 Å². The van der Waals surface area contributed by atoms with Crippen LogP contribution in [0.5, 0.6) is 0 Å². The number of fused-ring (bicyclic) bond motifs is 1. The van der Waals surface area contributed by atoms with Crippen LogP contribution in [0.1, 0.15) is 73.1 Å². The van der Waals surface area contributed by atoms with Crippen LogP contribution in [-0.2, 0) is 9.59 Å². The molecule has 0 spiro atoms. The molecule has 3 aliphatic carbocycles. The molecule has 0 aromatic carbocycles. The number of Topliss-reactive ketones (excluding diaryl/α,β-unsaturated/α-hetero) is 1. The predicted molar refractivity (Wildman–Crippen MR) is 116 cm³/mol. The molecule has 0 aliphatic heterocycles. The molecule has 29 heavy (non-hydrogen) atoms. The maximum Gasteiger partial charge on any atom is 0.232 e. The molecular formula is C25H37NO3. The summed E-state index contributed by atoms with van der Waals surface area (Å²) in [6, 6.07) is 0. The minimum Gasteiger partial charge on any atom is -0.505 e. The van der Waals surface area contributed by atoms with Gasteiger partial charge in [0, 0.05) is 18.2 Å². The first-order chi connectivity index (χ1) is 13.5. The lowest BCUT2D eigenvalue weighted by molar-refractivity contribution is -0.132. The molecule has 0 unspecified atom stereocenters. The molecule has 0 amide bonds. The molecule has 4 atom stereocenters. The molecule has 3 aliphatic rings. The number of ketones is 2. The van der Waals surface area contributed by atoms with Gasteiger partial charge in [0.05, 0.1) is 5.70 Å². The zero-order valence-corrected chi connectivity index (χ0v) is 18.7. The lowest BCUT2D eigenvalue weighted by Crippen LogP contribution is -2.51. The first-order valence-corrected chi connectivity index (χ1v) is 11.2. The van der Waals surface area contributed by atoms with Crippen molar-refractivity contribution in [3.8, 4) is 0 Å². The van der Waals surface area contributed by atoms with E-state index in [0.717, 1.165) is 32.1 Å². The predicted octanol–water partition coefficient (Wildman–Crippen LogP) is 5.27. The molecule has 0 radical (unpaired) electrons. The molecule has 2 fully saturated rings. The van der Waals surface area contributed by atoms with Crippen molar-refractivity contribution in [2.75, 3.05) is 6.54 Å². The summed E-state index contributed by atoms with van der Waals surface area (Å²) in [5.74, 6) is 0.0593. The molecular weight excluding hydrogens is 362 g/mol. The van der Waals surface area contributed by atoms with Crippen molar-refractivity contribution >= 4 is 11.6 Å². The summed E-state index contributed by atoms with van der Waals surface area (Å²) in [4.78, 5) is 25.2. The summed E-state index contributed by atoms with van der Waals surface area (Å²) >= 11 is 0. The van der Waals surface area contributed by atoms with E-state index in [-0.39, 0.29) is 16.6 Å². The number of nitrogens with one attached hydrogen (secondary N) is 1. The average molecular weight is 400 g/mol. The quantitative estimate of drug-likeness (QED) is 0.375. The fourth-order valence-electron chi connectivity index (χ4n) is 5.94. The third kappa shape index (κ3) is 3.71. The second kappa shape index (κ2) is 7.77. The van der Waals surface area contributed by atoms with E-state index in [4.69, 9.17) is 0 Å². The molecule has 3 rings (SSSR count). The van der Waals surface area contributed by atoms with E-state index in [9.17, 15) is 14.7 Å². The van der Waals surface area contributed by atoms with Gasteiger partial charge < -0.3 is 10.4 Å². The summed E-state index contributed by atoms with van der Waals surface area (Å²) in [5.41, 5.74) is 1.93. The number of carbonyl (C=O) groups excluding carboxylic acids is 2. The number of allylic oxidation sites excluding steroid dienone is 3. The fraction of sp³-hybridized carbons (Fsp3) is 0.680. The normalized spacial score (nSPS) is 35.7. The van der Waals surface area contributed by atoms with Crippen molar-refractivity contribution < 1.29 is 14.7 Å². The van der Waals surface area contributed by atoms with E-state index in [0.29, 0.717) is 42.0 Å². The first kappa shape index (κ1) is 21.9. The lowest BCUT2D eigenvalue weighted by atomic mass is 9.46. The largest absolute Gasteiger partial charge is 0.505 e. The second-order valence-corrected chi connectivity index (χ2v) is 10.4. The molecule has 0 heterocycles. The van der Waals surface area contributed by atoms with Gasteiger partial charge in [0.1, 0.15) is 5.76 Å². The number of carbonyl (C=O) groups is 2. The monoisotopic (exact) mass is 399 g/mol. The Labute approximate surface area is 175 Å². The van der Waals surface area contributed by atoms with Crippen LogP contribution >= 0.6 is 0 Å². The summed E-state index contributed by atoms with van der Waals surface area (Å²) in [7, 11) is 0. The van der Waals surface area contributed by atoms with Gasteiger partial charge in [0.15, 0.2) is 0 Å². The standard InChI is InChI=1S/C25H37NO3/c1-15(2)14-26-19-12-20(27)23(29)18(22(19)28)13-25(6)17(4)10-11-24(5)16(3)8-7-9-21(24)25/h12,15,17,21,26,28H,3,7-11,13-14H2,1-2,4-6H3/t17-,21+,24+,25+/m0/s1. The summed E-state index contributed by atoms with van der Waals surface area (Å²) in [5, 5.41) is 14.1. The Morgan fingerprint density at radius 3 is 2.62 bits per heavy atom. The summed E-state index contributed by atoms with van der Waals surface area (Å²) < 4.78 is 0. The summed E-state index contributed by atoms with van der Waals surface area (Å²) in [6.07, 6.45) is 7.22. The van der Waals surface area contributed by atoms with Crippen LogP contribution in [0.2, 0.25) is 0 Å². The highest BCUT2D eigenvalue weighted by atomic mass is 16.3. The third-order valence-corrected chi connectivity index (χ3v) is 8.14. The van der Waals surface area contributed by atoms with Gasteiger partial charge in [-0.3, -0.25) is 9.59 Å². The molecule has 2 N–H and O–H groups in total. The number of hydrogen-bond acceptors (Lipinski definition) is 4. The lowest BCUT2D eigenvalue weighted by Gasteiger charge is -2.59. The van der Waals surface area contributed by atoms with Gasteiger partial charge in [-0.25, -0.2) is 0 Å².